The third-order valence-corrected chi connectivity index (χ3v) is 6.24. The SMILES string of the molecule is COc1ccccc1OCc1csc(C(=O)N2CCCCC2c2ccccc2)c1. The molecule has 0 N–H and O–H groups in total. The van der Waals surface area contributed by atoms with E-state index in [2.05, 4.69) is 12.1 Å². The molecule has 0 radical (unpaired) electrons. The van der Waals surface area contributed by atoms with E-state index < -0.39 is 0 Å². The summed E-state index contributed by atoms with van der Waals surface area (Å²) in [4.78, 5) is 16.1. The highest BCUT2D eigenvalue weighted by atomic mass is 32.1. The molecule has 1 fully saturated rings. The van der Waals surface area contributed by atoms with Crippen molar-refractivity contribution < 1.29 is 14.3 Å². The van der Waals surface area contributed by atoms with Crippen LogP contribution in [-0.2, 0) is 6.61 Å². The van der Waals surface area contributed by atoms with Gasteiger partial charge in [0.05, 0.1) is 18.0 Å². The quantitative estimate of drug-likeness (QED) is 0.526. The number of piperidine rings is 1. The fraction of sp³-hybridized carbons (Fsp3) is 0.292. The zero-order valence-electron chi connectivity index (χ0n) is 16.5. The zero-order chi connectivity index (χ0) is 20.1. The summed E-state index contributed by atoms with van der Waals surface area (Å²) in [5, 5.41) is 2.00. The zero-order valence-corrected chi connectivity index (χ0v) is 17.4. The first-order valence-electron chi connectivity index (χ1n) is 9.95. The van der Waals surface area contributed by atoms with Gasteiger partial charge < -0.3 is 14.4 Å². The second kappa shape index (κ2) is 9.14. The summed E-state index contributed by atoms with van der Waals surface area (Å²) in [6.45, 7) is 1.22. The fourth-order valence-electron chi connectivity index (χ4n) is 3.80. The van der Waals surface area contributed by atoms with Gasteiger partial charge in [-0.15, -0.1) is 11.3 Å². The van der Waals surface area contributed by atoms with E-state index in [9.17, 15) is 4.79 Å². The maximum Gasteiger partial charge on any atom is 0.264 e. The van der Waals surface area contributed by atoms with Crippen LogP contribution in [-0.4, -0.2) is 24.5 Å². The van der Waals surface area contributed by atoms with Gasteiger partial charge in [-0.3, -0.25) is 4.79 Å². The van der Waals surface area contributed by atoms with Crippen molar-refractivity contribution in [3.63, 3.8) is 0 Å². The van der Waals surface area contributed by atoms with Crippen molar-refractivity contribution in [2.75, 3.05) is 13.7 Å². The second-order valence-electron chi connectivity index (χ2n) is 7.18. The van der Waals surface area contributed by atoms with Crippen LogP contribution in [0.4, 0.5) is 0 Å². The summed E-state index contributed by atoms with van der Waals surface area (Å²) in [7, 11) is 1.63. The Morgan fingerprint density at radius 3 is 2.62 bits per heavy atom. The van der Waals surface area contributed by atoms with Gasteiger partial charge in [0.2, 0.25) is 0 Å². The molecule has 0 saturated carbocycles. The predicted octanol–water partition coefficient (Wildman–Crippen LogP) is 5.70. The molecule has 29 heavy (non-hydrogen) atoms. The number of hydrogen-bond acceptors (Lipinski definition) is 4. The number of thiophene rings is 1. The molecule has 2 heterocycles. The average molecular weight is 408 g/mol. The Hall–Kier alpha value is -2.79. The first-order chi connectivity index (χ1) is 14.3. The number of likely N-dealkylation sites (tertiary alicyclic amines) is 1. The minimum atomic E-state index is 0.118. The monoisotopic (exact) mass is 407 g/mol. The maximum absolute atomic E-state index is 13.2. The van der Waals surface area contributed by atoms with Crippen LogP contribution in [0.15, 0.2) is 66.0 Å². The molecule has 0 bridgehead atoms. The van der Waals surface area contributed by atoms with Gasteiger partial charge in [0.15, 0.2) is 11.5 Å². The molecule has 4 rings (SSSR count). The number of methoxy groups -OCH3 is 1. The van der Waals surface area contributed by atoms with Crippen LogP contribution in [0.3, 0.4) is 0 Å². The van der Waals surface area contributed by atoms with Crippen molar-refractivity contribution in [3.05, 3.63) is 82.0 Å². The van der Waals surface area contributed by atoms with Crippen LogP contribution in [0.5, 0.6) is 11.5 Å². The summed E-state index contributed by atoms with van der Waals surface area (Å²) in [6, 6.07) is 20.1. The molecule has 1 atom stereocenters. The number of carbonyl (C=O) groups is 1. The summed E-state index contributed by atoms with van der Waals surface area (Å²) < 4.78 is 11.2. The Morgan fingerprint density at radius 2 is 1.83 bits per heavy atom. The first kappa shape index (κ1) is 19.5. The summed E-state index contributed by atoms with van der Waals surface area (Å²) in [5.41, 5.74) is 2.22. The van der Waals surface area contributed by atoms with Gasteiger partial charge in [0, 0.05) is 12.1 Å². The van der Waals surface area contributed by atoms with Gasteiger partial charge in [-0.25, -0.2) is 0 Å². The van der Waals surface area contributed by atoms with Gasteiger partial charge in [0.1, 0.15) is 6.61 Å². The Labute approximate surface area is 175 Å². The van der Waals surface area contributed by atoms with Crippen LogP contribution in [0.1, 0.15) is 46.1 Å². The minimum absolute atomic E-state index is 0.118. The summed E-state index contributed by atoms with van der Waals surface area (Å²) in [5.74, 6) is 1.53. The van der Waals surface area contributed by atoms with Gasteiger partial charge in [-0.05, 0) is 48.4 Å². The lowest BCUT2D eigenvalue weighted by Gasteiger charge is -2.36. The molecule has 2 aromatic carbocycles. The highest BCUT2D eigenvalue weighted by Gasteiger charge is 2.29. The van der Waals surface area contributed by atoms with E-state index in [1.54, 1.807) is 7.11 Å². The number of ether oxygens (including phenoxy) is 2. The maximum atomic E-state index is 13.2. The average Bonchev–Trinajstić information content (AvgIpc) is 3.27. The van der Waals surface area contributed by atoms with Crippen LogP contribution < -0.4 is 9.47 Å². The van der Waals surface area contributed by atoms with Crippen LogP contribution in [0, 0.1) is 0 Å². The molecule has 0 spiro atoms. The van der Waals surface area contributed by atoms with Crippen LogP contribution in [0.2, 0.25) is 0 Å². The molecule has 1 aromatic heterocycles. The molecule has 1 amide bonds. The number of nitrogens with zero attached hydrogens (tertiary/aromatic N) is 1. The van der Waals surface area contributed by atoms with E-state index in [1.165, 1.54) is 16.9 Å². The number of para-hydroxylation sites is 2. The summed E-state index contributed by atoms with van der Waals surface area (Å²) >= 11 is 1.49. The lowest BCUT2D eigenvalue weighted by molar-refractivity contribution is 0.0616. The Kier molecular flexibility index (Phi) is 6.15. The van der Waals surface area contributed by atoms with Crippen molar-refractivity contribution in [2.45, 2.75) is 31.9 Å². The van der Waals surface area contributed by atoms with Crippen molar-refractivity contribution in [2.24, 2.45) is 0 Å². The molecule has 3 aromatic rings. The summed E-state index contributed by atoms with van der Waals surface area (Å²) in [6.07, 6.45) is 3.24. The van der Waals surface area contributed by atoms with E-state index in [0.717, 1.165) is 36.2 Å². The number of amides is 1. The Morgan fingerprint density at radius 1 is 1.07 bits per heavy atom. The highest BCUT2D eigenvalue weighted by molar-refractivity contribution is 7.12. The van der Waals surface area contributed by atoms with Crippen molar-refractivity contribution in [3.8, 4) is 11.5 Å². The van der Waals surface area contributed by atoms with Gasteiger partial charge in [-0.1, -0.05) is 42.5 Å². The molecule has 150 valence electrons. The lowest BCUT2D eigenvalue weighted by Crippen LogP contribution is -2.38. The lowest BCUT2D eigenvalue weighted by atomic mass is 9.95. The third kappa shape index (κ3) is 4.46. The second-order valence-corrected chi connectivity index (χ2v) is 8.09. The van der Waals surface area contributed by atoms with E-state index in [0.29, 0.717) is 18.1 Å². The smallest absolute Gasteiger partial charge is 0.264 e. The Balaban J connectivity index is 1.46. The van der Waals surface area contributed by atoms with E-state index in [1.807, 2.05) is 58.8 Å². The van der Waals surface area contributed by atoms with Gasteiger partial charge >= 0.3 is 0 Å². The molecule has 4 nitrogen and oxygen atoms in total. The molecule has 0 aliphatic carbocycles. The topological polar surface area (TPSA) is 38.8 Å². The highest BCUT2D eigenvalue weighted by Crippen LogP contribution is 2.33. The standard InChI is InChI=1S/C24H25NO3S/c1-27-21-12-5-6-13-22(21)28-16-18-15-23(29-17-18)24(26)25-14-8-7-11-20(25)19-9-3-2-4-10-19/h2-6,9-10,12-13,15,17,20H,7-8,11,14,16H2,1H3. The fourth-order valence-corrected chi connectivity index (χ4v) is 4.65. The van der Waals surface area contributed by atoms with Crippen LogP contribution in [0.25, 0.3) is 0 Å². The molecule has 5 heteroatoms. The molecular formula is C24H25NO3S. The molecule has 1 aliphatic rings. The van der Waals surface area contributed by atoms with E-state index >= 15 is 0 Å². The van der Waals surface area contributed by atoms with Gasteiger partial charge in [-0.2, -0.15) is 0 Å². The van der Waals surface area contributed by atoms with Gasteiger partial charge in [0.25, 0.3) is 5.91 Å². The molecular weight excluding hydrogens is 382 g/mol. The van der Waals surface area contributed by atoms with E-state index in [-0.39, 0.29) is 11.9 Å². The molecule has 1 saturated heterocycles. The normalized spacial score (nSPS) is 16.4. The number of benzene rings is 2. The number of hydrogen-bond donors (Lipinski definition) is 0. The van der Waals surface area contributed by atoms with Crippen molar-refractivity contribution >= 4 is 17.2 Å². The molecule has 1 unspecified atom stereocenters. The first-order valence-corrected chi connectivity index (χ1v) is 10.8. The largest absolute Gasteiger partial charge is 0.493 e. The Bertz CT molecular complexity index is 954. The van der Waals surface area contributed by atoms with Crippen molar-refractivity contribution in [1.29, 1.82) is 0 Å². The third-order valence-electron chi connectivity index (χ3n) is 5.28. The van der Waals surface area contributed by atoms with E-state index in [4.69, 9.17) is 9.47 Å². The van der Waals surface area contributed by atoms with Crippen LogP contribution >= 0.6 is 11.3 Å². The van der Waals surface area contributed by atoms with Crippen molar-refractivity contribution in [1.82, 2.24) is 4.90 Å². The number of carbonyl (C=O) groups excluding carboxylic acids is 1. The number of rotatable bonds is 6. The predicted molar refractivity (Wildman–Crippen MR) is 116 cm³/mol. The molecule has 1 aliphatic heterocycles. The minimum Gasteiger partial charge on any atom is -0.493 e.